The Morgan fingerprint density at radius 1 is 1.38 bits per heavy atom. The normalized spacial score (nSPS) is 16.7. The second-order valence-corrected chi connectivity index (χ2v) is 3.17. The molecule has 1 heterocycles. The molecule has 0 aliphatic carbocycles. The van der Waals surface area contributed by atoms with E-state index in [-0.39, 0.29) is 0 Å². The summed E-state index contributed by atoms with van der Waals surface area (Å²) in [5.74, 6) is 0. The summed E-state index contributed by atoms with van der Waals surface area (Å²) < 4.78 is 5.28. The maximum atomic E-state index is 5.28. The van der Waals surface area contributed by atoms with Gasteiger partial charge in [0.05, 0.1) is 19.8 Å². The predicted molar refractivity (Wildman–Crippen MR) is 69.7 cm³/mol. The van der Waals surface area contributed by atoms with Crippen LogP contribution in [0.15, 0.2) is 17.9 Å². The Kier molecular flexibility index (Phi) is 10.1. The average molecular weight is 227 g/mol. The van der Waals surface area contributed by atoms with Crippen LogP contribution in [0.5, 0.6) is 0 Å². The fourth-order valence-electron chi connectivity index (χ4n) is 1.41. The van der Waals surface area contributed by atoms with Crippen molar-refractivity contribution in [1.82, 2.24) is 9.91 Å². The van der Waals surface area contributed by atoms with Gasteiger partial charge >= 0.3 is 0 Å². The number of morpholine rings is 1. The van der Waals surface area contributed by atoms with Crippen molar-refractivity contribution in [1.29, 1.82) is 0 Å². The lowest BCUT2D eigenvalue weighted by molar-refractivity contribution is 0.0354. The van der Waals surface area contributed by atoms with Gasteiger partial charge in [-0.25, -0.2) is 0 Å². The Morgan fingerprint density at radius 2 is 2.00 bits per heavy atom. The van der Waals surface area contributed by atoms with E-state index in [4.69, 9.17) is 4.74 Å². The second kappa shape index (κ2) is 10.6. The molecule has 1 aliphatic rings. The van der Waals surface area contributed by atoms with Gasteiger partial charge in [0, 0.05) is 32.0 Å². The van der Waals surface area contributed by atoms with Crippen LogP contribution in [-0.2, 0) is 4.74 Å². The van der Waals surface area contributed by atoms with Gasteiger partial charge in [-0.15, -0.1) is 0 Å². The molecule has 0 aromatic heterocycles. The molecule has 1 aliphatic heterocycles. The highest BCUT2D eigenvalue weighted by atomic mass is 16.5. The van der Waals surface area contributed by atoms with Gasteiger partial charge in [-0.05, 0) is 6.92 Å². The number of hydrogen-bond acceptors (Lipinski definition) is 4. The van der Waals surface area contributed by atoms with Gasteiger partial charge < -0.3 is 4.74 Å². The van der Waals surface area contributed by atoms with Crippen LogP contribution in [0.25, 0.3) is 0 Å². The van der Waals surface area contributed by atoms with E-state index in [1.165, 1.54) is 0 Å². The zero-order valence-corrected chi connectivity index (χ0v) is 10.9. The summed E-state index contributed by atoms with van der Waals surface area (Å²) in [6, 6.07) is 0. The number of hydrogen-bond donors (Lipinski definition) is 0. The molecule has 0 atom stereocenters. The van der Waals surface area contributed by atoms with E-state index in [0.717, 1.165) is 39.4 Å². The van der Waals surface area contributed by atoms with Crippen LogP contribution in [0.3, 0.4) is 0 Å². The third-order valence-electron chi connectivity index (χ3n) is 2.22. The first kappa shape index (κ1) is 15.1. The highest BCUT2D eigenvalue weighted by Crippen LogP contribution is 1.98. The number of nitrogens with zero attached hydrogens (tertiary/aromatic N) is 3. The first-order valence-corrected chi connectivity index (χ1v) is 6.04. The van der Waals surface area contributed by atoms with Crippen molar-refractivity contribution in [2.45, 2.75) is 20.8 Å². The summed E-state index contributed by atoms with van der Waals surface area (Å²) in [6.07, 6.45) is 3.53. The van der Waals surface area contributed by atoms with Crippen molar-refractivity contribution < 1.29 is 4.74 Å². The Labute approximate surface area is 99.6 Å². The maximum Gasteiger partial charge on any atom is 0.0594 e. The molecular weight excluding hydrogens is 202 g/mol. The van der Waals surface area contributed by atoms with Crippen molar-refractivity contribution >= 4 is 6.21 Å². The Balaban J connectivity index is 0.00000106. The molecule has 0 saturated carbocycles. The van der Waals surface area contributed by atoms with E-state index in [1.54, 1.807) is 12.4 Å². The molecule has 1 rings (SSSR count). The van der Waals surface area contributed by atoms with Gasteiger partial charge in [0.15, 0.2) is 0 Å². The third-order valence-corrected chi connectivity index (χ3v) is 2.22. The zero-order chi connectivity index (χ0) is 12.2. The van der Waals surface area contributed by atoms with Gasteiger partial charge in [-0.1, -0.05) is 20.4 Å². The van der Waals surface area contributed by atoms with Crippen molar-refractivity contribution in [3.05, 3.63) is 12.8 Å². The lowest BCUT2D eigenvalue weighted by Crippen LogP contribution is -2.39. The van der Waals surface area contributed by atoms with E-state index in [1.807, 2.05) is 25.8 Å². The molecule has 16 heavy (non-hydrogen) atoms. The van der Waals surface area contributed by atoms with Crippen LogP contribution >= 0.6 is 0 Å². The fraction of sp³-hybridized carbons (Fsp3) is 0.750. The minimum Gasteiger partial charge on any atom is -0.379 e. The first-order valence-electron chi connectivity index (χ1n) is 6.04. The first-order chi connectivity index (χ1) is 7.86. The van der Waals surface area contributed by atoms with Crippen molar-refractivity contribution in [2.75, 3.05) is 39.4 Å². The van der Waals surface area contributed by atoms with Crippen LogP contribution < -0.4 is 0 Å². The summed E-state index contributed by atoms with van der Waals surface area (Å²) in [5.41, 5.74) is 0. The number of hydrazone groups is 1. The monoisotopic (exact) mass is 227 g/mol. The number of rotatable bonds is 5. The summed E-state index contributed by atoms with van der Waals surface area (Å²) in [4.78, 5) is 2.38. The Hall–Kier alpha value is -0.870. The molecule has 0 radical (unpaired) electrons. The molecule has 4 nitrogen and oxygen atoms in total. The molecule has 1 saturated heterocycles. The van der Waals surface area contributed by atoms with Crippen LogP contribution in [-0.4, -0.2) is 55.5 Å². The number of ether oxygens (including phenoxy) is 1. The maximum absolute atomic E-state index is 5.28. The van der Waals surface area contributed by atoms with Crippen molar-refractivity contribution in [3.8, 4) is 0 Å². The molecular formula is C12H25N3O. The standard InChI is InChI=1S/C10H19N3O.C2H6/c1-3-11-13(4-2)6-5-12-7-9-14-10-8-12;1-2/h3-4H,2,5-10H2,1H3;1-2H3/b11-3-;. The smallest absolute Gasteiger partial charge is 0.0594 e. The topological polar surface area (TPSA) is 28.1 Å². The lowest BCUT2D eigenvalue weighted by Gasteiger charge is -2.27. The average Bonchev–Trinajstić information content (AvgIpc) is 2.38. The summed E-state index contributed by atoms with van der Waals surface area (Å²) in [6.45, 7) is 15.3. The van der Waals surface area contributed by atoms with Gasteiger partial charge in [-0.2, -0.15) is 5.10 Å². The van der Waals surface area contributed by atoms with Crippen LogP contribution in [0.4, 0.5) is 0 Å². The summed E-state index contributed by atoms with van der Waals surface area (Å²) in [7, 11) is 0. The molecule has 0 spiro atoms. The highest BCUT2D eigenvalue weighted by molar-refractivity contribution is 5.52. The van der Waals surface area contributed by atoms with E-state index >= 15 is 0 Å². The molecule has 0 aromatic carbocycles. The quantitative estimate of drug-likeness (QED) is 0.529. The fourth-order valence-corrected chi connectivity index (χ4v) is 1.41. The van der Waals surface area contributed by atoms with E-state index in [2.05, 4.69) is 16.6 Å². The largest absolute Gasteiger partial charge is 0.379 e. The molecule has 1 fully saturated rings. The summed E-state index contributed by atoms with van der Waals surface area (Å²) in [5, 5.41) is 6.02. The third kappa shape index (κ3) is 6.58. The van der Waals surface area contributed by atoms with Crippen LogP contribution in [0.2, 0.25) is 0 Å². The molecule has 0 bridgehead atoms. The van der Waals surface area contributed by atoms with Crippen LogP contribution in [0, 0.1) is 0 Å². The molecule has 0 aromatic rings. The molecule has 0 N–H and O–H groups in total. The molecule has 94 valence electrons. The van der Waals surface area contributed by atoms with Gasteiger partial charge in [0.25, 0.3) is 0 Å². The van der Waals surface area contributed by atoms with Crippen molar-refractivity contribution in [2.24, 2.45) is 5.10 Å². The van der Waals surface area contributed by atoms with Crippen molar-refractivity contribution in [3.63, 3.8) is 0 Å². The van der Waals surface area contributed by atoms with E-state index in [9.17, 15) is 0 Å². The minimum absolute atomic E-state index is 0.852. The lowest BCUT2D eigenvalue weighted by atomic mass is 10.4. The highest BCUT2D eigenvalue weighted by Gasteiger charge is 2.10. The predicted octanol–water partition coefficient (Wildman–Crippen LogP) is 1.80. The Morgan fingerprint density at radius 3 is 2.50 bits per heavy atom. The molecule has 0 unspecified atom stereocenters. The van der Waals surface area contributed by atoms with E-state index in [0.29, 0.717) is 0 Å². The minimum atomic E-state index is 0.852. The van der Waals surface area contributed by atoms with E-state index < -0.39 is 0 Å². The second-order valence-electron chi connectivity index (χ2n) is 3.17. The Bertz CT molecular complexity index is 189. The zero-order valence-electron chi connectivity index (χ0n) is 10.9. The molecule has 4 heteroatoms. The van der Waals surface area contributed by atoms with Gasteiger partial charge in [0.2, 0.25) is 0 Å². The summed E-state index contributed by atoms with van der Waals surface area (Å²) >= 11 is 0. The van der Waals surface area contributed by atoms with Crippen LogP contribution in [0.1, 0.15) is 20.8 Å². The van der Waals surface area contributed by atoms with Gasteiger partial charge in [-0.3, -0.25) is 9.91 Å². The SMILES string of the molecule is C=CN(CCN1CCOCC1)/N=C\C.CC. The molecule has 0 amide bonds. The van der Waals surface area contributed by atoms with Gasteiger partial charge in [0.1, 0.15) is 0 Å².